The van der Waals surface area contributed by atoms with Crippen molar-refractivity contribution in [1.29, 1.82) is 0 Å². The van der Waals surface area contributed by atoms with Gasteiger partial charge < -0.3 is 0 Å². The Labute approximate surface area is 119 Å². The van der Waals surface area contributed by atoms with Crippen LogP contribution in [0.1, 0.15) is 15.3 Å². The molecule has 0 fully saturated rings. The first-order valence-corrected chi connectivity index (χ1v) is 7.33. The lowest BCUT2D eigenvalue weighted by Gasteiger charge is -2.09. The largest absolute Gasteiger partial charge is 0.205 e. The van der Waals surface area contributed by atoms with Crippen LogP contribution in [-0.4, -0.2) is 0 Å². The highest BCUT2D eigenvalue weighted by Gasteiger charge is 2.17. The van der Waals surface area contributed by atoms with Crippen LogP contribution in [0.2, 0.25) is 5.02 Å². The summed E-state index contributed by atoms with van der Waals surface area (Å²) in [5.74, 6) is -0.365. The normalized spacial score (nSPS) is 12.8. The third kappa shape index (κ3) is 2.50. The zero-order valence-electron chi connectivity index (χ0n) is 7.88. The Morgan fingerprint density at radius 2 is 2.00 bits per heavy atom. The molecule has 16 heavy (non-hydrogen) atoms. The van der Waals surface area contributed by atoms with Crippen molar-refractivity contribution < 1.29 is 4.39 Å². The molecule has 84 valence electrons. The SMILES string of the molecule is Fc1c(Cl)cccc1C(Br)c1ccc(Br)s1. The number of hydrogen-bond acceptors (Lipinski definition) is 1. The van der Waals surface area contributed by atoms with Gasteiger partial charge in [-0.1, -0.05) is 39.7 Å². The van der Waals surface area contributed by atoms with E-state index in [2.05, 4.69) is 31.9 Å². The minimum Gasteiger partial charge on any atom is -0.205 e. The van der Waals surface area contributed by atoms with Crippen molar-refractivity contribution in [1.82, 2.24) is 0 Å². The Hall–Kier alpha value is 0.1000. The van der Waals surface area contributed by atoms with Crippen molar-refractivity contribution in [2.75, 3.05) is 0 Å². The molecular formula is C11H6Br2ClFS. The van der Waals surface area contributed by atoms with Crippen LogP contribution in [0.4, 0.5) is 4.39 Å². The number of alkyl halides is 1. The van der Waals surface area contributed by atoms with Crippen LogP contribution in [0.5, 0.6) is 0 Å². The van der Waals surface area contributed by atoms with Crippen LogP contribution < -0.4 is 0 Å². The molecule has 0 nitrogen and oxygen atoms in total. The van der Waals surface area contributed by atoms with Crippen LogP contribution in [-0.2, 0) is 0 Å². The minimum absolute atomic E-state index is 0.151. The standard InChI is InChI=1S/C11H6Br2ClFS/c12-9-5-4-8(16-9)10(13)6-2-1-3-7(14)11(6)15/h1-5,10H. The lowest BCUT2D eigenvalue weighted by atomic mass is 10.1. The Morgan fingerprint density at radius 1 is 1.25 bits per heavy atom. The summed E-state index contributed by atoms with van der Waals surface area (Å²) in [5.41, 5.74) is 0.557. The molecule has 1 unspecified atom stereocenters. The summed E-state index contributed by atoms with van der Waals surface area (Å²) in [6.45, 7) is 0. The van der Waals surface area contributed by atoms with Gasteiger partial charge in [-0.05, 0) is 34.1 Å². The Bertz CT molecular complexity index is 512. The first-order chi connectivity index (χ1) is 7.59. The highest BCUT2D eigenvalue weighted by Crippen LogP contribution is 2.39. The zero-order valence-corrected chi connectivity index (χ0v) is 12.6. The third-order valence-electron chi connectivity index (χ3n) is 2.10. The summed E-state index contributed by atoms with van der Waals surface area (Å²) in [6.07, 6.45) is 0. The fourth-order valence-electron chi connectivity index (χ4n) is 1.33. The highest BCUT2D eigenvalue weighted by atomic mass is 79.9. The molecule has 2 rings (SSSR count). The first kappa shape index (κ1) is 12.6. The van der Waals surface area contributed by atoms with Crippen molar-refractivity contribution in [3.63, 3.8) is 0 Å². The van der Waals surface area contributed by atoms with Gasteiger partial charge in [-0.15, -0.1) is 11.3 Å². The molecule has 1 aromatic carbocycles. The molecule has 0 aliphatic carbocycles. The summed E-state index contributed by atoms with van der Waals surface area (Å²) >= 11 is 14.2. The van der Waals surface area contributed by atoms with Gasteiger partial charge in [0.05, 0.1) is 13.6 Å². The van der Waals surface area contributed by atoms with Crippen molar-refractivity contribution in [2.45, 2.75) is 4.83 Å². The monoisotopic (exact) mass is 382 g/mol. The van der Waals surface area contributed by atoms with E-state index in [9.17, 15) is 4.39 Å². The minimum atomic E-state index is -0.365. The van der Waals surface area contributed by atoms with E-state index in [4.69, 9.17) is 11.6 Å². The van der Waals surface area contributed by atoms with Gasteiger partial charge in [0.15, 0.2) is 0 Å². The molecule has 0 N–H and O–H groups in total. The number of hydrogen-bond donors (Lipinski definition) is 0. The Kier molecular flexibility index (Phi) is 4.06. The van der Waals surface area contributed by atoms with E-state index < -0.39 is 0 Å². The molecule has 0 saturated carbocycles. The van der Waals surface area contributed by atoms with Gasteiger partial charge >= 0.3 is 0 Å². The third-order valence-corrected chi connectivity index (χ3v) is 5.37. The van der Waals surface area contributed by atoms with Crippen LogP contribution in [0.15, 0.2) is 34.1 Å². The van der Waals surface area contributed by atoms with Crippen molar-refractivity contribution in [3.8, 4) is 0 Å². The number of benzene rings is 1. The van der Waals surface area contributed by atoms with E-state index in [0.717, 1.165) is 8.66 Å². The molecule has 0 saturated heterocycles. The van der Waals surface area contributed by atoms with E-state index in [1.165, 1.54) is 0 Å². The molecule has 1 heterocycles. The van der Waals surface area contributed by atoms with Gasteiger partial charge in [0, 0.05) is 10.4 Å². The lowest BCUT2D eigenvalue weighted by molar-refractivity contribution is 0.614. The van der Waals surface area contributed by atoms with Crippen molar-refractivity contribution in [3.05, 3.63) is 55.4 Å². The molecule has 0 spiro atoms. The maximum atomic E-state index is 13.8. The maximum absolute atomic E-state index is 13.8. The van der Waals surface area contributed by atoms with Gasteiger partial charge in [0.2, 0.25) is 0 Å². The average Bonchev–Trinajstić information content (AvgIpc) is 2.68. The molecule has 2 aromatic rings. The van der Waals surface area contributed by atoms with Crippen LogP contribution in [0, 0.1) is 5.82 Å². The predicted octanol–water partition coefficient (Wildman–Crippen LogP) is 5.79. The average molecular weight is 384 g/mol. The summed E-state index contributed by atoms with van der Waals surface area (Å²) in [7, 11) is 0. The molecule has 0 bridgehead atoms. The van der Waals surface area contributed by atoms with Gasteiger partial charge in [-0.2, -0.15) is 0 Å². The smallest absolute Gasteiger partial charge is 0.146 e. The van der Waals surface area contributed by atoms with E-state index in [0.29, 0.717) is 5.56 Å². The Morgan fingerprint density at radius 3 is 2.62 bits per heavy atom. The quantitative estimate of drug-likeness (QED) is 0.575. The van der Waals surface area contributed by atoms with E-state index in [1.807, 2.05) is 12.1 Å². The summed E-state index contributed by atoms with van der Waals surface area (Å²) in [5, 5.41) is 0.151. The molecule has 0 radical (unpaired) electrons. The second-order valence-electron chi connectivity index (χ2n) is 3.15. The van der Waals surface area contributed by atoms with Gasteiger partial charge in [-0.3, -0.25) is 0 Å². The van der Waals surface area contributed by atoms with Gasteiger partial charge in [0.1, 0.15) is 5.82 Å². The van der Waals surface area contributed by atoms with E-state index in [1.54, 1.807) is 29.5 Å². The number of rotatable bonds is 2. The second-order valence-corrected chi connectivity index (χ2v) is 6.96. The fourth-order valence-corrected chi connectivity index (χ4v) is 3.72. The summed E-state index contributed by atoms with van der Waals surface area (Å²) in [4.78, 5) is 0.871. The Balaban J connectivity index is 2.41. The van der Waals surface area contributed by atoms with Gasteiger partial charge in [-0.25, -0.2) is 4.39 Å². The van der Waals surface area contributed by atoms with E-state index in [-0.39, 0.29) is 15.7 Å². The molecule has 0 aliphatic heterocycles. The molecule has 5 heteroatoms. The topological polar surface area (TPSA) is 0 Å². The van der Waals surface area contributed by atoms with Crippen molar-refractivity contribution >= 4 is 54.8 Å². The molecular weight excluding hydrogens is 378 g/mol. The second kappa shape index (κ2) is 5.17. The van der Waals surface area contributed by atoms with Crippen LogP contribution >= 0.6 is 54.8 Å². The number of thiophene rings is 1. The zero-order chi connectivity index (χ0) is 11.7. The molecule has 0 aliphatic rings. The molecule has 1 aromatic heterocycles. The molecule has 0 amide bonds. The summed E-state index contributed by atoms with van der Waals surface area (Å²) < 4.78 is 14.8. The van der Waals surface area contributed by atoms with Crippen LogP contribution in [0.3, 0.4) is 0 Å². The van der Waals surface area contributed by atoms with Crippen molar-refractivity contribution in [2.24, 2.45) is 0 Å². The lowest BCUT2D eigenvalue weighted by Crippen LogP contribution is -1.94. The maximum Gasteiger partial charge on any atom is 0.146 e. The molecule has 1 atom stereocenters. The predicted molar refractivity (Wildman–Crippen MR) is 74.2 cm³/mol. The van der Waals surface area contributed by atoms with Gasteiger partial charge in [0.25, 0.3) is 0 Å². The highest BCUT2D eigenvalue weighted by molar-refractivity contribution is 9.11. The van der Waals surface area contributed by atoms with E-state index >= 15 is 0 Å². The summed E-state index contributed by atoms with van der Waals surface area (Å²) in [6, 6.07) is 8.92. The van der Waals surface area contributed by atoms with Crippen LogP contribution in [0.25, 0.3) is 0 Å². The fraction of sp³-hybridized carbons (Fsp3) is 0.0909. The number of halogens is 4. The first-order valence-electron chi connectivity index (χ1n) is 4.43.